The van der Waals surface area contributed by atoms with Crippen LogP contribution in [0.15, 0.2) is 82.5 Å². The molecule has 0 spiro atoms. The van der Waals surface area contributed by atoms with Crippen LogP contribution < -0.4 is 10.6 Å². The van der Waals surface area contributed by atoms with Crippen molar-refractivity contribution in [1.29, 1.82) is 0 Å². The second-order valence-electron chi connectivity index (χ2n) is 12.3. The number of thiazole rings is 1. The first kappa shape index (κ1) is 37.5. The molecule has 4 amide bonds. The predicted molar refractivity (Wildman–Crippen MR) is 198 cm³/mol. The highest BCUT2D eigenvalue weighted by atomic mass is 32.2. The Bertz CT molecular complexity index is 1830. The van der Waals surface area contributed by atoms with Crippen molar-refractivity contribution in [3.63, 3.8) is 0 Å². The number of aromatic nitrogens is 1. The summed E-state index contributed by atoms with van der Waals surface area (Å²) < 4.78 is 11.9. The van der Waals surface area contributed by atoms with Crippen molar-refractivity contribution in [3.05, 3.63) is 94.1 Å². The second kappa shape index (κ2) is 17.5. The largest absolute Gasteiger partial charge is 0.448 e. The molecule has 3 aliphatic heterocycles. The van der Waals surface area contributed by atoms with Crippen LogP contribution in [0, 0.1) is 0 Å². The number of hydrogen-bond acceptors (Lipinski definition) is 13. The Morgan fingerprint density at radius 2 is 1.72 bits per heavy atom. The SMILES string of the molecule is CCCON=C(C(=O)NC1C(=O)N2C(C(=O)OC(c3ccccc3)c3ccccc3)=C(COC(=O)N3CCN(C)CC3)CS[C@H]12)c1csc(NC=O)n1. The average molecular weight is 762 g/mol. The molecule has 2 aromatic carbocycles. The van der Waals surface area contributed by atoms with Crippen molar-refractivity contribution in [1.82, 2.24) is 25.0 Å². The number of hydrogen-bond donors (Lipinski definition) is 2. The van der Waals surface area contributed by atoms with Gasteiger partial charge in [0.25, 0.3) is 11.8 Å². The smallest absolute Gasteiger partial charge is 0.410 e. The molecule has 0 bridgehead atoms. The third kappa shape index (κ3) is 8.69. The molecule has 1 aromatic heterocycles. The fourth-order valence-electron chi connectivity index (χ4n) is 5.87. The number of oxime groups is 1. The number of carbonyl (C=O) groups is 5. The van der Waals surface area contributed by atoms with Crippen LogP contribution in [0.25, 0.3) is 0 Å². The van der Waals surface area contributed by atoms with Gasteiger partial charge in [0.1, 0.15) is 36.0 Å². The molecule has 0 saturated carbocycles. The number of nitrogens with one attached hydrogen (secondary N) is 2. The van der Waals surface area contributed by atoms with Crippen molar-refractivity contribution >= 4 is 64.2 Å². The maximum atomic E-state index is 14.3. The highest BCUT2D eigenvalue weighted by Crippen LogP contribution is 2.42. The molecule has 3 aliphatic rings. The Morgan fingerprint density at radius 3 is 2.36 bits per heavy atom. The van der Waals surface area contributed by atoms with E-state index in [1.54, 1.807) is 4.90 Å². The molecule has 2 atom stereocenters. The Kier molecular flexibility index (Phi) is 12.4. The van der Waals surface area contributed by atoms with Crippen molar-refractivity contribution in [3.8, 4) is 0 Å². The molecule has 1 unspecified atom stereocenters. The number of esters is 1. The number of likely N-dealkylation sites (N-methyl/N-ethyl adjacent to an activating group) is 1. The molecule has 0 aliphatic carbocycles. The van der Waals surface area contributed by atoms with Crippen LogP contribution >= 0.6 is 23.1 Å². The second-order valence-corrected chi connectivity index (χ2v) is 14.3. The molecule has 53 heavy (non-hydrogen) atoms. The molecule has 2 N–H and O–H groups in total. The number of β-lactam (4-membered cyclic amide) rings is 1. The van der Waals surface area contributed by atoms with Gasteiger partial charge in [-0.15, -0.1) is 23.1 Å². The molecule has 17 heteroatoms. The highest BCUT2D eigenvalue weighted by Gasteiger charge is 2.55. The number of amides is 4. The molecule has 4 heterocycles. The summed E-state index contributed by atoms with van der Waals surface area (Å²) >= 11 is 2.40. The first-order valence-corrected chi connectivity index (χ1v) is 19.0. The number of ether oxygens (including phenoxy) is 2. The summed E-state index contributed by atoms with van der Waals surface area (Å²) in [5.41, 5.74) is 1.79. The lowest BCUT2D eigenvalue weighted by atomic mass is 10.0. The number of fused-ring (bicyclic) bond motifs is 1. The lowest BCUT2D eigenvalue weighted by Gasteiger charge is -2.49. The van der Waals surface area contributed by atoms with E-state index in [-0.39, 0.29) is 41.2 Å². The van der Waals surface area contributed by atoms with Crippen LogP contribution in [-0.2, 0) is 33.5 Å². The van der Waals surface area contributed by atoms with Crippen molar-refractivity contribution in [2.24, 2.45) is 5.16 Å². The summed E-state index contributed by atoms with van der Waals surface area (Å²) in [5, 5.41) is 10.3. The van der Waals surface area contributed by atoms with E-state index in [0.29, 0.717) is 44.6 Å². The Morgan fingerprint density at radius 1 is 1.04 bits per heavy atom. The fraction of sp³-hybridized carbons (Fsp3) is 0.361. The van der Waals surface area contributed by atoms with Crippen molar-refractivity contribution in [2.75, 3.05) is 57.5 Å². The highest BCUT2D eigenvalue weighted by molar-refractivity contribution is 8.00. The summed E-state index contributed by atoms with van der Waals surface area (Å²) in [4.78, 5) is 80.4. The van der Waals surface area contributed by atoms with Gasteiger partial charge in [0.2, 0.25) is 6.41 Å². The van der Waals surface area contributed by atoms with Gasteiger partial charge in [0, 0.05) is 42.9 Å². The van der Waals surface area contributed by atoms with Crippen molar-refractivity contribution < 1.29 is 38.3 Å². The molecular formula is C36H39N7O8S2. The van der Waals surface area contributed by atoms with Gasteiger partial charge in [-0.3, -0.25) is 19.3 Å². The zero-order valence-electron chi connectivity index (χ0n) is 29.1. The third-order valence-corrected chi connectivity index (χ3v) is 10.8. The van der Waals surface area contributed by atoms with Gasteiger partial charge >= 0.3 is 12.1 Å². The molecule has 6 rings (SSSR count). The molecule has 278 valence electrons. The van der Waals surface area contributed by atoms with E-state index in [2.05, 4.69) is 25.7 Å². The van der Waals surface area contributed by atoms with Gasteiger partial charge in [-0.05, 0) is 24.6 Å². The van der Waals surface area contributed by atoms with E-state index in [1.807, 2.05) is 74.6 Å². The van der Waals surface area contributed by atoms with E-state index in [0.717, 1.165) is 22.5 Å². The van der Waals surface area contributed by atoms with Gasteiger partial charge < -0.3 is 34.7 Å². The lowest BCUT2D eigenvalue weighted by molar-refractivity contribution is -0.154. The molecule has 2 fully saturated rings. The molecule has 15 nitrogen and oxygen atoms in total. The van der Waals surface area contributed by atoms with Crippen LogP contribution in [0.5, 0.6) is 0 Å². The van der Waals surface area contributed by atoms with E-state index in [1.165, 1.54) is 22.0 Å². The lowest BCUT2D eigenvalue weighted by Crippen LogP contribution is -2.71. The predicted octanol–water partition coefficient (Wildman–Crippen LogP) is 3.21. The third-order valence-electron chi connectivity index (χ3n) is 8.68. The molecular weight excluding hydrogens is 723 g/mol. The monoisotopic (exact) mass is 761 g/mol. The van der Waals surface area contributed by atoms with Crippen LogP contribution in [0.3, 0.4) is 0 Å². The van der Waals surface area contributed by atoms with E-state index >= 15 is 0 Å². The Hall–Kier alpha value is -5.26. The van der Waals surface area contributed by atoms with Crippen molar-refractivity contribution in [2.45, 2.75) is 30.9 Å². The summed E-state index contributed by atoms with van der Waals surface area (Å²) in [6.07, 6.45) is -0.211. The topological polar surface area (TPSA) is 172 Å². The standard InChI is InChI=1S/C36H39N7O8S2/c1-3-18-50-40-27(26-21-53-35(38-26)37-22-44)31(45)39-28-32(46)43-29(25(20-52-33(28)43)19-49-36(48)42-16-14-41(2)15-17-42)34(47)51-30(23-10-6-4-7-11-23)24-12-8-5-9-13-24/h4-13,21-22,28,30,33H,3,14-20H2,1-2H3,(H,39,45)(H,37,38,44)/t28?,33-/m1/s1. The number of anilines is 1. The van der Waals surface area contributed by atoms with E-state index < -0.39 is 41.4 Å². The Labute approximate surface area is 314 Å². The fourth-order valence-corrected chi connectivity index (χ4v) is 7.86. The molecule has 0 radical (unpaired) electrons. The van der Waals surface area contributed by atoms with Crippen LogP contribution in [0.1, 0.15) is 36.3 Å². The normalized spacial score (nSPS) is 18.9. The van der Waals surface area contributed by atoms with Gasteiger partial charge in [-0.25, -0.2) is 14.6 Å². The molecule has 3 aromatic rings. The zero-order valence-corrected chi connectivity index (χ0v) is 30.8. The minimum atomic E-state index is -1.04. The number of rotatable bonds is 14. The van der Waals surface area contributed by atoms with Gasteiger partial charge in [0.15, 0.2) is 16.9 Å². The first-order chi connectivity index (χ1) is 25.8. The molecule has 2 saturated heterocycles. The number of piperazine rings is 1. The Balaban J connectivity index is 1.26. The number of thioether (sulfide) groups is 1. The average Bonchev–Trinajstić information content (AvgIpc) is 3.65. The minimum absolute atomic E-state index is 0.0310. The zero-order chi connectivity index (χ0) is 37.3. The number of nitrogens with zero attached hydrogens (tertiary/aromatic N) is 5. The summed E-state index contributed by atoms with van der Waals surface area (Å²) in [5.74, 6) is -1.84. The maximum Gasteiger partial charge on any atom is 0.410 e. The van der Waals surface area contributed by atoms with E-state index in [4.69, 9.17) is 14.3 Å². The summed E-state index contributed by atoms with van der Waals surface area (Å²) in [7, 11) is 1.98. The maximum absolute atomic E-state index is 14.3. The number of benzene rings is 2. The van der Waals surface area contributed by atoms with Crippen LogP contribution in [0.4, 0.5) is 9.93 Å². The summed E-state index contributed by atoms with van der Waals surface area (Å²) in [6, 6.07) is 17.5. The number of carbonyl (C=O) groups excluding carboxylic acids is 5. The van der Waals surface area contributed by atoms with Crippen LogP contribution in [-0.4, -0.2) is 119 Å². The van der Waals surface area contributed by atoms with Gasteiger partial charge in [-0.2, -0.15) is 0 Å². The first-order valence-electron chi connectivity index (χ1n) is 17.0. The van der Waals surface area contributed by atoms with Gasteiger partial charge in [-0.1, -0.05) is 72.7 Å². The summed E-state index contributed by atoms with van der Waals surface area (Å²) in [6.45, 7) is 4.31. The van der Waals surface area contributed by atoms with Gasteiger partial charge in [0.05, 0.1) is 0 Å². The minimum Gasteiger partial charge on any atom is -0.448 e. The van der Waals surface area contributed by atoms with Crippen LogP contribution in [0.2, 0.25) is 0 Å². The van der Waals surface area contributed by atoms with E-state index in [9.17, 15) is 24.0 Å². The quantitative estimate of drug-likeness (QED) is 0.0618.